The van der Waals surface area contributed by atoms with Crippen LogP contribution in [0, 0.1) is 18.3 Å². The van der Waals surface area contributed by atoms with Crippen LogP contribution in [-0.2, 0) is 0 Å². The van der Waals surface area contributed by atoms with Crippen LogP contribution in [-0.4, -0.2) is 36.6 Å². The quantitative estimate of drug-likeness (QED) is 0.738. The fourth-order valence-corrected chi connectivity index (χ4v) is 2.68. The van der Waals surface area contributed by atoms with E-state index in [0.717, 1.165) is 32.0 Å². The molecule has 2 heteroatoms. The number of nitrogens with one attached hydrogen (secondary N) is 1. The van der Waals surface area contributed by atoms with Crippen molar-refractivity contribution in [2.45, 2.75) is 58.5 Å². The molecule has 1 N–H and O–H groups in total. The SMILES string of the molecule is C#CC(CCC)N1CCCNC(CC(C)C)C1. The first-order valence-corrected chi connectivity index (χ1v) is 7.11. The van der Waals surface area contributed by atoms with E-state index in [-0.39, 0.29) is 0 Å². The predicted octanol–water partition coefficient (Wildman–Crippen LogP) is 2.50. The van der Waals surface area contributed by atoms with Gasteiger partial charge in [0.1, 0.15) is 0 Å². The van der Waals surface area contributed by atoms with E-state index in [0.29, 0.717) is 12.1 Å². The Kier molecular flexibility index (Phi) is 6.62. The van der Waals surface area contributed by atoms with Gasteiger partial charge in [-0.15, -0.1) is 6.42 Å². The van der Waals surface area contributed by atoms with Crippen molar-refractivity contribution < 1.29 is 0 Å². The first-order valence-electron chi connectivity index (χ1n) is 7.11. The molecule has 1 heterocycles. The first kappa shape index (κ1) is 14.5. The number of hydrogen-bond acceptors (Lipinski definition) is 2. The van der Waals surface area contributed by atoms with Crippen molar-refractivity contribution in [2.75, 3.05) is 19.6 Å². The maximum atomic E-state index is 5.68. The van der Waals surface area contributed by atoms with Crippen LogP contribution >= 0.6 is 0 Å². The number of rotatable bonds is 5. The molecule has 0 saturated carbocycles. The van der Waals surface area contributed by atoms with Crippen molar-refractivity contribution in [1.82, 2.24) is 10.2 Å². The zero-order valence-corrected chi connectivity index (χ0v) is 11.7. The Morgan fingerprint density at radius 2 is 2.24 bits per heavy atom. The number of hydrogen-bond donors (Lipinski definition) is 1. The van der Waals surface area contributed by atoms with Gasteiger partial charge in [0.15, 0.2) is 0 Å². The van der Waals surface area contributed by atoms with Crippen molar-refractivity contribution in [3.8, 4) is 12.3 Å². The highest BCUT2D eigenvalue weighted by Gasteiger charge is 2.22. The van der Waals surface area contributed by atoms with Crippen LogP contribution in [0.4, 0.5) is 0 Å². The average molecular weight is 236 g/mol. The van der Waals surface area contributed by atoms with E-state index >= 15 is 0 Å². The molecule has 0 radical (unpaired) electrons. The van der Waals surface area contributed by atoms with Gasteiger partial charge in [-0.2, -0.15) is 0 Å². The van der Waals surface area contributed by atoms with Crippen molar-refractivity contribution in [1.29, 1.82) is 0 Å². The molecule has 0 bridgehead atoms. The minimum atomic E-state index is 0.342. The summed E-state index contributed by atoms with van der Waals surface area (Å²) in [5, 5.41) is 3.65. The van der Waals surface area contributed by atoms with E-state index < -0.39 is 0 Å². The van der Waals surface area contributed by atoms with Gasteiger partial charge in [0, 0.05) is 19.1 Å². The van der Waals surface area contributed by atoms with Gasteiger partial charge in [-0.25, -0.2) is 0 Å². The van der Waals surface area contributed by atoms with Gasteiger partial charge in [0.2, 0.25) is 0 Å². The summed E-state index contributed by atoms with van der Waals surface area (Å²) in [6, 6.07) is 0.958. The van der Waals surface area contributed by atoms with E-state index in [1.807, 2.05) is 0 Å². The van der Waals surface area contributed by atoms with Gasteiger partial charge in [0.05, 0.1) is 6.04 Å². The molecule has 1 aliphatic rings. The Labute approximate surface area is 107 Å². The van der Waals surface area contributed by atoms with Crippen LogP contribution in [0.15, 0.2) is 0 Å². The Hall–Kier alpha value is -0.520. The fraction of sp³-hybridized carbons (Fsp3) is 0.867. The molecule has 2 nitrogen and oxygen atoms in total. The zero-order chi connectivity index (χ0) is 12.7. The van der Waals surface area contributed by atoms with Crippen LogP contribution in [0.5, 0.6) is 0 Å². The molecule has 1 rings (SSSR count). The third kappa shape index (κ3) is 5.10. The third-order valence-electron chi connectivity index (χ3n) is 3.46. The Bertz CT molecular complexity index is 242. The monoisotopic (exact) mass is 236 g/mol. The second-order valence-corrected chi connectivity index (χ2v) is 5.60. The van der Waals surface area contributed by atoms with Gasteiger partial charge in [-0.05, 0) is 31.7 Å². The Morgan fingerprint density at radius 3 is 2.82 bits per heavy atom. The van der Waals surface area contributed by atoms with Crippen LogP contribution in [0.1, 0.15) is 46.5 Å². The summed E-state index contributed by atoms with van der Waals surface area (Å²) in [5.41, 5.74) is 0. The Balaban J connectivity index is 2.55. The Morgan fingerprint density at radius 1 is 1.47 bits per heavy atom. The molecule has 1 saturated heterocycles. The van der Waals surface area contributed by atoms with E-state index in [1.165, 1.54) is 19.3 Å². The largest absolute Gasteiger partial charge is 0.313 e. The highest BCUT2D eigenvalue weighted by Crippen LogP contribution is 2.14. The molecule has 98 valence electrons. The molecule has 1 aliphatic heterocycles. The van der Waals surface area contributed by atoms with Crippen molar-refractivity contribution in [3.63, 3.8) is 0 Å². The summed E-state index contributed by atoms with van der Waals surface area (Å²) in [6.07, 6.45) is 10.4. The first-order chi connectivity index (χ1) is 8.17. The molecular formula is C15H28N2. The highest BCUT2D eigenvalue weighted by molar-refractivity contribution is 5.01. The van der Waals surface area contributed by atoms with Crippen molar-refractivity contribution in [3.05, 3.63) is 0 Å². The van der Waals surface area contributed by atoms with Crippen molar-refractivity contribution >= 4 is 0 Å². The third-order valence-corrected chi connectivity index (χ3v) is 3.46. The minimum Gasteiger partial charge on any atom is -0.313 e. The summed E-state index contributed by atoms with van der Waals surface area (Å²) in [4.78, 5) is 2.51. The normalized spacial score (nSPS) is 24.3. The highest BCUT2D eigenvalue weighted by atomic mass is 15.2. The summed E-state index contributed by atoms with van der Waals surface area (Å²) in [6.45, 7) is 10.2. The van der Waals surface area contributed by atoms with Crippen LogP contribution < -0.4 is 5.32 Å². The molecule has 17 heavy (non-hydrogen) atoms. The van der Waals surface area contributed by atoms with Crippen LogP contribution in [0.2, 0.25) is 0 Å². The minimum absolute atomic E-state index is 0.342. The molecule has 2 unspecified atom stereocenters. The van der Waals surface area contributed by atoms with Crippen LogP contribution in [0.25, 0.3) is 0 Å². The maximum Gasteiger partial charge on any atom is 0.0712 e. The van der Waals surface area contributed by atoms with Gasteiger partial charge < -0.3 is 5.32 Å². The maximum absolute atomic E-state index is 5.68. The molecule has 0 aliphatic carbocycles. The summed E-state index contributed by atoms with van der Waals surface area (Å²) in [5.74, 6) is 3.73. The fourth-order valence-electron chi connectivity index (χ4n) is 2.68. The van der Waals surface area contributed by atoms with Gasteiger partial charge >= 0.3 is 0 Å². The molecule has 0 aromatic carbocycles. The molecule has 0 aromatic heterocycles. The predicted molar refractivity (Wildman–Crippen MR) is 75.0 cm³/mol. The van der Waals surface area contributed by atoms with Gasteiger partial charge in [-0.1, -0.05) is 33.1 Å². The lowest BCUT2D eigenvalue weighted by atomic mass is 10.0. The molecule has 0 amide bonds. The summed E-state index contributed by atoms with van der Waals surface area (Å²) >= 11 is 0. The van der Waals surface area contributed by atoms with Crippen molar-refractivity contribution in [2.24, 2.45) is 5.92 Å². The van der Waals surface area contributed by atoms with E-state index in [4.69, 9.17) is 6.42 Å². The van der Waals surface area contributed by atoms with Gasteiger partial charge in [-0.3, -0.25) is 4.90 Å². The lowest BCUT2D eigenvalue weighted by Crippen LogP contribution is -2.42. The molecule has 0 spiro atoms. The smallest absolute Gasteiger partial charge is 0.0712 e. The van der Waals surface area contributed by atoms with Gasteiger partial charge in [0.25, 0.3) is 0 Å². The standard InChI is InChI=1S/C15H28N2/c1-5-8-15(6-2)17-10-7-9-16-14(12-17)11-13(3)4/h2,13-16H,5,7-12H2,1,3-4H3. The molecular weight excluding hydrogens is 208 g/mol. The summed E-state index contributed by atoms with van der Waals surface area (Å²) < 4.78 is 0. The van der Waals surface area contributed by atoms with E-state index in [1.54, 1.807) is 0 Å². The molecule has 2 atom stereocenters. The molecule has 0 aromatic rings. The second kappa shape index (κ2) is 7.74. The number of nitrogens with zero attached hydrogens (tertiary/aromatic N) is 1. The lowest BCUT2D eigenvalue weighted by Gasteiger charge is -2.29. The summed E-state index contributed by atoms with van der Waals surface area (Å²) in [7, 11) is 0. The zero-order valence-electron chi connectivity index (χ0n) is 11.7. The van der Waals surface area contributed by atoms with Crippen LogP contribution in [0.3, 0.4) is 0 Å². The number of terminal acetylenes is 1. The average Bonchev–Trinajstić information content (AvgIpc) is 2.50. The van der Waals surface area contributed by atoms with E-state index in [9.17, 15) is 0 Å². The topological polar surface area (TPSA) is 15.3 Å². The van der Waals surface area contributed by atoms with E-state index in [2.05, 4.69) is 36.9 Å². The lowest BCUT2D eigenvalue weighted by molar-refractivity contribution is 0.213. The second-order valence-electron chi connectivity index (χ2n) is 5.60. The molecule has 1 fully saturated rings.